The van der Waals surface area contributed by atoms with E-state index >= 15 is 0 Å². The second-order valence-electron chi connectivity index (χ2n) is 21.4. The molecule has 4 nitrogen and oxygen atoms in total. The third kappa shape index (κ3) is 7.27. The van der Waals surface area contributed by atoms with E-state index in [0.717, 1.165) is 89.1 Å². The van der Waals surface area contributed by atoms with Crippen LogP contribution in [-0.4, -0.2) is 0 Å². The van der Waals surface area contributed by atoms with Crippen molar-refractivity contribution in [2.24, 2.45) is 0 Å². The van der Waals surface area contributed by atoms with Crippen LogP contribution in [-0.2, 0) is 0 Å². The molecule has 0 aliphatic heterocycles. The Morgan fingerprint density at radius 3 is 1.11 bits per heavy atom. The summed E-state index contributed by atoms with van der Waals surface area (Å²) in [5.74, 6) is 0.416. The maximum absolute atomic E-state index is 6.96. The second kappa shape index (κ2) is 17.8. The lowest BCUT2D eigenvalue weighted by atomic mass is 9.84. The number of anilines is 6. The van der Waals surface area contributed by atoms with Gasteiger partial charge in [-0.25, -0.2) is 0 Å². The van der Waals surface area contributed by atoms with Gasteiger partial charge in [0, 0.05) is 43.7 Å². The summed E-state index contributed by atoms with van der Waals surface area (Å²) in [7, 11) is 0. The molecule has 0 atom stereocenters. The maximum atomic E-state index is 6.96. The molecule has 12 aromatic carbocycles. The molecule has 0 amide bonds. The van der Waals surface area contributed by atoms with E-state index in [2.05, 4.69) is 270 Å². The number of nitrogens with zero attached hydrogens (tertiary/aromatic N) is 2. The summed E-state index contributed by atoms with van der Waals surface area (Å²) in [6.45, 7) is 13.8. The normalized spacial score (nSPS) is 12.1. The van der Waals surface area contributed by atoms with Crippen molar-refractivity contribution in [3.05, 3.63) is 241 Å². The highest BCUT2D eigenvalue weighted by Gasteiger charge is 2.29. The van der Waals surface area contributed by atoms with Crippen LogP contribution in [0.5, 0.6) is 0 Å². The fourth-order valence-corrected chi connectivity index (χ4v) is 12.3. The van der Waals surface area contributed by atoms with E-state index < -0.39 is 0 Å². The quantitative estimate of drug-likeness (QED) is 0.128. The van der Waals surface area contributed by atoms with Gasteiger partial charge in [0.05, 0.1) is 22.7 Å². The Labute approximate surface area is 443 Å². The zero-order valence-corrected chi connectivity index (χ0v) is 43.7. The minimum absolute atomic E-state index is 0.208. The summed E-state index contributed by atoms with van der Waals surface area (Å²) in [5, 5.41) is 11.8. The molecule has 76 heavy (non-hydrogen) atoms. The number of hydrogen-bond donors (Lipinski definition) is 0. The average molecular weight is 981 g/mol. The molecule has 14 aromatic rings. The lowest BCUT2D eigenvalue weighted by Gasteiger charge is -2.32. The highest BCUT2D eigenvalue weighted by atomic mass is 16.3. The van der Waals surface area contributed by atoms with Crippen molar-refractivity contribution in [1.29, 1.82) is 0 Å². The summed E-state index contributed by atoms with van der Waals surface area (Å²) in [6.07, 6.45) is 0. The Morgan fingerprint density at radius 2 is 0.684 bits per heavy atom. The molecular weight excluding hydrogens is 925 g/mol. The number of furan rings is 2. The number of hydrogen-bond acceptors (Lipinski definition) is 4. The van der Waals surface area contributed by atoms with E-state index in [1.54, 1.807) is 0 Å². The molecule has 0 aliphatic rings. The molecule has 0 N–H and O–H groups in total. The molecule has 14 rings (SSSR count). The van der Waals surface area contributed by atoms with Gasteiger partial charge in [0.15, 0.2) is 11.2 Å². The van der Waals surface area contributed by atoms with Crippen LogP contribution in [0.4, 0.5) is 34.1 Å². The zero-order valence-electron chi connectivity index (χ0n) is 43.7. The van der Waals surface area contributed by atoms with Crippen molar-refractivity contribution < 1.29 is 8.83 Å². The molecule has 2 heterocycles. The van der Waals surface area contributed by atoms with E-state index in [4.69, 9.17) is 8.83 Å². The van der Waals surface area contributed by atoms with Crippen molar-refractivity contribution in [2.45, 2.75) is 53.4 Å². The van der Waals surface area contributed by atoms with Gasteiger partial charge in [-0.1, -0.05) is 185 Å². The summed E-state index contributed by atoms with van der Waals surface area (Å²) in [6, 6.07) is 80.1. The first-order valence-corrected chi connectivity index (χ1v) is 26.7. The van der Waals surface area contributed by atoms with Gasteiger partial charge in [0.2, 0.25) is 0 Å². The molecule has 0 saturated carbocycles. The molecule has 0 unspecified atom stereocenters. The van der Waals surface area contributed by atoms with E-state index in [0.29, 0.717) is 0 Å². The second-order valence-corrected chi connectivity index (χ2v) is 21.4. The Hall–Kier alpha value is -9.12. The minimum Gasteiger partial charge on any atom is -0.454 e. The largest absolute Gasteiger partial charge is 0.454 e. The van der Waals surface area contributed by atoms with Gasteiger partial charge in [0.25, 0.3) is 0 Å². The Balaban J connectivity index is 1.11. The first-order chi connectivity index (χ1) is 37.2. The van der Waals surface area contributed by atoms with Crippen molar-refractivity contribution in [3.8, 4) is 22.3 Å². The van der Waals surface area contributed by atoms with Gasteiger partial charge in [-0.05, 0) is 152 Å². The Kier molecular flexibility index (Phi) is 10.6. The minimum atomic E-state index is 0.208. The van der Waals surface area contributed by atoms with Gasteiger partial charge in [-0.3, -0.25) is 0 Å². The number of rotatable bonds is 10. The van der Waals surface area contributed by atoms with Crippen LogP contribution < -0.4 is 9.80 Å². The predicted molar refractivity (Wildman–Crippen MR) is 323 cm³/mol. The monoisotopic (exact) mass is 980 g/mol. The topological polar surface area (TPSA) is 32.8 Å². The van der Waals surface area contributed by atoms with Crippen LogP contribution in [0.15, 0.2) is 227 Å². The molecule has 4 heteroatoms. The SMILES string of the molecule is Cc1cc(-c2ccccc2)cc(N(c2cc(C(C)C)c3ccc4c(N(c5cc(C)cc(-c6ccccc6)c5)c5cccc6c5oc5ccccc56)cc(C(C)C)c5ccc2c3c54)c2cccc3c2oc2ccccc23)c1. The summed E-state index contributed by atoms with van der Waals surface area (Å²) >= 11 is 0. The molecule has 0 bridgehead atoms. The molecule has 0 radical (unpaired) electrons. The third-order valence-corrected chi connectivity index (χ3v) is 15.7. The van der Waals surface area contributed by atoms with Crippen molar-refractivity contribution in [1.82, 2.24) is 0 Å². The lowest BCUT2D eigenvalue weighted by Crippen LogP contribution is -2.13. The number of para-hydroxylation sites is 4. The smallest absolute Gasteiger partial charge is 0.159 e. The van der Waals surface area contributed by atoms with E-state index in [-0.39, 0.29) is 11.8 Å². The van der Waals surface area contributed by atoms with Crippen LogP contribution in [0.25, 0.3) is 98.4 Å². The summed E-state index contributed by atoms with van der Waals surface area (Å²) in [5.41, 5.74) is 19.4. The highest BCUT2D eigenvalue weighted by molar-refractivity contribution is 6.30. The summed E-state index contributed by atoms with van der Waals surface area (Å²) < 4.78 is 13.9. The number of aryl methyl sites for hydroxylation is 2. The van der Waals surface area contributed by atoms with Crippen LogP contribution >= 0.6 is 0 Å². The fourth-order valence-electron chi connectivity index (χ4n) is 12.3. The molecule has 0 saturated heterocycles. The van der Waals surface area contributed by atoms with Crippen molar-refractivity contribution in [3.63, 3.8) is 0 Å². The molecule has 0 spiro atoms. The van der Waals surface area contributed by atoms with Gasteiger partial charge in [-0.2, -0.15) is 0 Å². The zero-order chi connectivity index (χ0) is 51.3. The van der Waals surface area contributed by atoms with Gasteiger partial charge in [0.1, 0.15) is 11.2 Å². The molecule has 366 valence electrons. The van der Waals surface area contributed by atoms with Crippen molar-refractivity contribution in [2.75, 3.05) is 9.80 Å². The van der Waals surface area contributed by atoms with Crippen LogP contribution in [0.1, 0.15) is 61.8 Å². The van der Waals surface area contributed by atoms with E-state index in [1.807, 2.05) is 0 Å². The van der Waals surface area contributed by atoms with E-state index in [9.17, 15) is 0 Å². The molecule has 2 aromatic heterocycles. The van der Waals surface area contributed by atoms with Gasteiger partial charge in [-0.15, -0.1) is 0 Å². The summed E-state index contributed by atoms with van der Waals surface area (Å²) in [4.78, 5) is 4.97. The predicted octanol–water partition coefficient (Wildman–Crippen LogP) is 21.5. The Bertz CT molecular complexity index is 4270. The van der Waals surface area contributed by atoms with Crippen LogP contribution in [0, 0.1) is 13.8 Å². The fraction of sp³-hybridized carbons (Fsp3) is 0.111. The first kappa shape index (κ1) is 45.5. The number of benzene rings is 12. The molecular formula is C72H56N2O2. The third-order valence-electron chi connectivity index (χ3n) is 15.7. The van der Waals surface area contributed by atoms with Gasteiger partial charge < -0.3 is 18.6 Å². The molecule has 0 aliphatic carbocycles. The maximum Gasteiger partial charge on any atom is 0.159 e. The molecule has 0 fully saturated rings. The first-order valence-electron chi connectivity index (χ1n) is 26.7. The standard InChI is InChI=1S/C72H56N2O2/c1-43(2)61-41-65(73(51-37-45(5)35-49(39-51)47-19-9-7-10-20-47)63-27-17-25-57-53-23-13-15-29-67(53)75-71(57)63)59-34-32-56-62(44(3)4)42-66(60-33-31-55(61)69(59)70(56)60)74(52-38-46(6)36-50(40-52)48-21-11-8-12-22-48)64-28-18-26-58-54-24-14-16-30-68(54)76-72(58)64/h7-44H,1-6H3. The van der Waals surface area contributed by atoms with Crippen LogP contribution in [0.3, 0.4) is 0 Å². The van der Waals surface area contributed by atoms with Crippen LogP contribution in [0.2, 0.25) is 0 Å². The average Bonchev–Trinajstić information content (AvgIpc) is 4.16. The van der Waals surface area contributed by atoms with Crippen molar-refractivity contribution >= 4 is 110 Å². The van der Waals surface area contributed by atoms with Gasteiger partial charge >= 0.3 is 0 Å². The Morgan fingerprint density at radius 1 is 0.303 bits per heavy atom. The number of fused-ring (bicyclic) bond motifs is 6. The van der Waals surface area contributed by atoms with E-state index in [1.165, 1.54) is 65.7 Å². The highest BCUT2D eigenvalue weighted by Crippen LogP contribution is 2.53. The lowest BCUT2D eigenvalue weighted by molar-refractivity contribution is 0.668.